The van der Waals surface area contributed by atoms with E-state index >= 15 is 0 Å². The largest absolute Gasteiger partial charge is 0.392 e. The van der Waals surface area contributed by atoms with Gasteiger partial charge in [-0.25, -0.2) is 0 Å². The van der Waals surface area contributed by atoms with Gasteiger partial charge in [0.25, 0.3) is 0 Å². The lowest BCUT2D eigenvalue weighted by Crippen LogP contribution is -2.48. The van der Waals surface area contributed by atoms with E-state index in [0.717, 1.165) is 26.2 Å². The van der Waals surface area contributed by atoms with E-state index in [0.29, 0.717) is 4.99 Å². The van der Waals surface area contributed by atoms with E-state index in [-0.39, 0.29) is 6.04 Å². The summed E-state index contributed by atoms with van der Waals surface area (Å²) in [6.45, 7) is 4.01. The molecular formula is C12H17N3S. The van der Waals surface area contributed by atoms with Crippen LogP contribution >= 0.6 is 12.2 Å². The first-order valence-electron chi connectivity index (χ1n) is 5.58. The predicted octanol–water partition coefficient (Wildman–Crippen LogP) is 0.919. The summed E-state index contributed by atoms with van der Waals surface area (Å²) in [6.07, 6.45) is 0. The minimum absolute atomic E-state index is 0.0818. The number of benzene rings is 1. The van der Waals surface area contributed by atoms with Crippen molar-refractivity contribution >= 4 is 17.2 Å². The Morgan fingerprint density at radius 1 is 1.25 bits per heavy atom. The quantitative estimate of drug-likeness (QED) is 0.765. The Balaban J connectivity index is 2.20. The van der Waals surface area contributed by atoms with Gasteiger partial charge in [-0.3, -0.25) is 4.90 Å². The molecule has 3 N–H and O–H groups in total. The zero-order chi connectivity index (χ0) is 11.4. The van der Waals surface area contributed by atoms with Crippen LogP contribution in [0.25, 0.3) is 0 Å². The maximum Gasteiger partial charge on any atom is 0.0948 e. The van der Waals surface area contributed by atoms with Gasteiger partial charge >= 0.3 is 0 Å². The molecule has 0 saturated carbocycles. The summed E-state index contributed by atoms with van der Waals surface area (Å²) in [5.74, 6) is 0. The van der Waals surface area contributed by atoms with Gasteiger partial charge in [0, 0.05) is 26.2 Å². The van der Waals surface area contributed by atoms with Crippen molar-refractivity contribution in [1.29, 1.82) is 0 Å². The molecule has 1 saturated heterocycles. The molecule has 1 aromatic carbocycles. The van der Waals surface area contributed by atoms with Crippen LogP contribution < -0.4 is 11.1 Å². The number of hydrogen-bond donors (Lipinski definition) is 2. The summed E-state index contributed by atoms with van der Waals surface area (Å²) in [5, 5.41) is 3.33. The monoisotopic (exact) mass is 235 g/mol. The van der Waals surface area contributed by atoms with Crippen LogP contribution in [0.2, 0.25) is 0 Å². The van der Waals surface area contributed by atoms with Crippen molar-refractivity contribution in [2.24, 2.45) is 5.73 Å². The highest BCUT2D eigenvalue weighted by Gasteiger charge is 2.23. The topological polar surface area (TPSA) is 41.3 Å². The molecule has 1 unspecified atom stereocenters. The van der Waals surface area contributed by atoms with Crippen LogP contribution in [-0.2, 0) is 0 Å². The Labute approximate surface area is 102 Å². The summed E-state index contributed by atoms with van der Waals surface area (Å²) >= 11 is 5.20. The van der Waals surface area contributed by atoms with Crippen LogP contribution in [0.1, 0.15) is 11.6 Å². The molecule has 0 amide bonds. The van der Waals surface area contributed by atoms with E-state index < -0.39 is 0 Å². The fourth-order valence-electron chi connectivity index (χ4n) is 2.13. The highest BCUT2D eigenvalue weighted by atomic mass is 32.1. The molecule has 0 aliphatic carbocycles. The second-order valence-corrected chi connectivity index (χ2v) is 4.47. The van der Waals surface area contributed by atoms with Gasteiger partial charge in [0.05, 0.1) is 11.0 Å². The minimum Gasteiger partial charge on any atom is -0.392 e. The van der Waals surface area contributed by atoms with E-state index in [2.05, 4.69) is 22.3 Å². The molecule has 0 aromatic heterocycles. The van der Waals surface area contributed by atoms with Crippen LogP contribution in [0.3, 0.4) is 0 Å². The fourth-order valence-corrected chi connectivity index (χ4v) is 2.42. The lowest BCUT2D eigenvalue weighted by atomic mass is 10.0. The second kappa shape index (κ2) is 5.39. The van der Waals surface area contributed by atoms with Gasteiger partial charge in [-0.2, -0.15) is 0 Å². The van der Waals surface area contributed by atoms with Crippen LogP contribution in [0.4, 0.5) is 0 Å². The van der Waals surface area contributed by atoms with Gasteiger partial charge in [0.1, 0.15) is 0 Å². The summed E-state index contributed by atoms with van der Waals surface area (Å²) in [4.78, 5) is 2.90. The number of nitrogens with one attached hydrogen (secondary N) is 1. The Bertz CT molecular complexity index is 347. The molecule has 2 rings (SSSR count). The number of rotatable bonds is 3. The lowest BCUT2D eigenvalue weighted by molar-refractivity contribution is 0.215. The lowest BCUT2D eigenvalue weighted by Gasteiger charge is -2.34. The third-order valence-corrected chi connectivity index (χ3v) is 3.12. The first-order valence-corrected chi connectivity index (χ1v) is 5.99. The molecule has 0 radical (unpaired) electrons. The molecule has 1 aromatic rings. The van der Waals surface area contributed by atoms with E-state index in [1.165, 1.54) is 5.56 Å². The van der Waals surface area contributed by atoms with E-state index in [1.807, 2.05) is 18.2 Å². The molecule has 1 atom stereocenters. The van der Waals surface area contributed by atoms with Crippen LogP contribution in [-0.4, -0.2) is 36.1 Å². The van der Waals surface area contributed by atoms with Crippen molar-refractivity contribution in [3.63, 3.8) is 0 Å². The summed E-state index contributed by atoms with van der Waals surface area (Å²) < 4.78 is 0. The minimum atomic E-state index is 0.0818. The van der Waals surface area contributed by atoms with Gasteiger partial charge in [0.2, 0.25) is 0 Å². The first-order chi connectivity index (χ1) is 7.79. The standard InChI is InChI=1S/C12H17N3S/c13-12(16)11(10-4-2-1-3-5-10)15-8-6-14-7-9-15/h1-5,11,14H,6-9H2,(H2,13,16). The van der Waals surface area contributed by atoms with Crippen molar-refractivity contribution in [3.05, 3.63) is 35.9 Å². The number of thiocarbonyl (C=S) groups is 1. The molecule has 16 heavy (non-hydrogen) atoms. The molecule has 1 fully saturated rings. The zero-order valence-electron chi connectivity index (χ0n) is 9.23. The summed E-state index contributed by atoms with van der Waals surface area (Å²) in [5.41, 5.74) is 7.06. The smallest absolute Gasteiger partial charge is 0.0948 e. The predicted molar refractivity (Wildman–Crippen MR) is 70.4 cm³/mol. The van der Waals surface area contributed by atoms with Gasteiger partial charge < -0.3 is 11.1 Å². The third kappa shape index (κ3) is 2.58. The fraction of sp³-hybridized carbons (Fsp3) is 0.417. The average Bonchev–Trinajstić information content (AvgIpc) is 2.31. The van der Waals surface area contributed by atoms with Crippen molar-refractivity contribution < 1.29 is 0 Å². The number of nitrogens with two attached hydrogens (primary N) is 1. The summed E-state index contributed by atoms with van der Waals surface area (Å²) in [6, 6.07) is 10.3. The summed E-state index contributed by atoms with van der Waals surface area (Å²) in [7, 11) is 0. The highest BCUT2D eigenvalue weighted by molar-refractivity contribution is 7.80. The van der Waals surface area contributed by atoms with Gasteiger partial charge in [0.15, 0.2) is 0 Å². The van der Waals surface area contributed by atoms with E-state index in [1.54, 1.807) is 0 Å². The molecular weight excluding hydrogens is 218 g/mol. The maximum absolute atomic E-state index is 5.87. The van der Waals surface area contributed by atoms with Gasteiger partial charge in [-0.05, 0) is 5.56 Å². The zero-order valence-corrected chi connectivity index (χ0v) is 10.0. The van der Waals surface area contributed by atoms with E-state index in [4.69, 9.17) is 18.0 Å². The van der Waals surface area contributed by atoms with Crippen LogP contribution in [0.15, 0.2) is 30.3 Å². The molecule has 3 nitrogen and oxygen atoms in total. The Hall–Kier alpha value is -0.970. The van der Waals surface area contributed by atoms with Crippen LogP contribution in [0.5, 0.6) is 0 Å². The Kier molecular flexibility index (Phi) is 3.88. The number of piperazine rings is 1. The Morgan fingerprint density at radius 3 is 2.44 bits per heavy atom. The maximum atomic E-state index is 5.87. The second-order valence-electron chi connectivity index (χ2n) is 4.00. The highest BCUT2D eigenvalue weighted by Crippen LogP contribution is 2.21. The average molecular weight is 235 g/mol. The molecule has 4 heteroatoms. The number of nitrogens with zero attached hydrogens (tertiary/aromatic N) is 1. The van der Waals surface area contributed by atoms with Gasteiger partial charge in [-0.15, -0.1) is 0 Å². The van der Waals surface area contributed by atoms with E-state index in [9.17, 15) is 0 Å². The molecule has 1 heterocycles. The Morgan fingerprint density at radius 2 is 1.88 bits per heavy atom. The first kappa shape index (κ1) is 11.5. The third-order valence-electron chi connectivity index (χ3n) is 2.90. The number of hydrogen-bond acceptors (Lipinski definition) is 3. The molecule has 0 bridgehead atoms. The SMILES string of the molecule is NC(=S)C(c1ccccc1)N1CCNCC1. The van der Waals surface area contributed by atoms with Gasteiger partial charge in [-0.1, -0.05) is 42.5 Å². The molecule has 1 aliphatic rings. The van der Waals surface area contributed by atoms with Crippen molar-refractivity contribution in [2.45, 2.75) is 6.04 Å². The van der Waals surface area contributed by atoms with Crippen molar-refractivity contribution in [3.8, 4) is 0 Å². The molecule has 86 valence electrons. The van der Waals surface area contributed by atoms with Crippen molar-refractivity contribution in [1.82, 2.24) is 10.2 Å². The van der Waals surface area contributed by atoms with Crippen LogP contribution in [0, 0.1) is 0 Å². The normalized spacial score (nSPS) is 19.2. The molecule has 0 spiro atoms. The van der Waals surface area contributed by atoms with Crippen molar-refractivity contribution in [2.75, 3.05) is 26.2 Å². The molecule has 1 aliphatic heterocycles.